The second-order valence-corrected chi connectivity index (χ2v) is 5.34. The average Bonchev–Trinajstić information content (AvgIpc) is 2.65. The lowest BCUT2D eigenvalue weighted by Crippen LogP contribution is -2.17. The molecule has 0 unspecified atom stereocenters. The Kier molecular flexibility index (Phi) is 4.64. The number of ether oxygens (including phenoxy) is 1. The number of rotatable bonds is 4. The van der Waals surface area contributed by atoms with Crippen LogP contribution >= 0.6 is 31.9 Å². The van der Waals surface area contributed by atoms with Crippen molar-refractivity contribution in [2.45, 2.75) is 12.9 Å². The third-order valence-electron chi connectivity index (χ3n) is 2.23. The largest absolute Gasteiger partial charge is 0.573 e. The number of anilines is 1. The summed E-state index contributed by atoms with van der Waals surface area (Å²) in [5.74, 6) is 0.357. The van der Waals surface area contributed by atoms with Crippen LogP contribution in [0.25, 0.3) is 0 Å². The average molecular weight is 415 g/mol. The third kappa shape index (κ3) is 4.45. The highest BCUT2D eigenvalue weighted by Crippen LogP contribution is 2.28. The van der Waals surface area contributed by atoms with E-state index >= 15 is 0 Å². The van der Waals surface area contributed by atoms with Gasteiger partial charge in [0.15, 0.2) is 4.67 Å². The number of alkyl halides is 3. The summed E-state index contributed by atoms with van der Waals surface area (Å²) in [4.78, 5) is 0. The maximum absolute atomic E-state index is 12.1. The van der Waals surface area contributed by atoms with Gasteiger partial charge < -0.3 is 14.5 Å². The molecule has 1 aromatic carbocycles. The first kappa shape index (κ1) is 15.2. The number of nitrogens with one attached hydrogen (secondary N) is 1. The van der Waals surface area contributed by atoms with Crippen LogP contribution in [-0.2, 0) is 6.54 Å². The molecule has 8 heteroatoms. The van der Waals surface area contributed by atoms with Gasteiger partial charge in [0.1, 0.15) is 11.5 Å². The van der Waals surface area contributed by atoms with Crippen molar-refractivity contribution in [1.82, 2.24) is 0 Å². The second kappa shape index (κ2) is 6.09. The number of benzene rings is 1. The van der Waals surface area contributed by atoms with Crippen LogP contribution in [0.15, 0.2) is 43.9 Å². The molecule has 3 nitrogen and oxygen atoms in total. The van der Waals surface area contributed by atoms with Gasteiger partial charge in [-0.15, -0.1) is 13.2 Å². The minimum absolute atomic E-state index is 0.274. The van der Waals surface area contributed by atoms with Crippen molar-refractivity contribution >= 4 is 37.5 Å². The number of hydrogen-bond donors (Lipinski definition) is 1. The number of hydrogen-bond acceptors (Lipinski definition) is 3. The molecular formula is C12H8Br2F3NO2. The molecule has 0 spiro atoms. The summed E-state index contributed by atoms with van der Waals surface area (Å²) in [6.45, 7) is 0.333. The van der Waals surface area contributed by atoms with E-state index in [2.05, 4.69) is 41.9 Å². The molecule has 0 fully saturated rings. The molecule has 20 heavy (non-hydrogen) atoms. The zero-order chi connectivity index (χ0) is 14.8. The van der Waals surface area contributed by atoms with Crippen LogP contribution in [0.2, 0.25) is 0 Å². The van der Waals surface area contributed by atoms with Gasteiger partial charge in [0.05, 0.1) is 11.0 Å². The zero-order valence-electron chi connectivity index (χ0n) is 9.80. The summed E-state index contributed by atoms with van der Waals surface area (Å²) in [5, 5.41) is 2.94. The first-order chi connectivity index (χ1) is 9.33. The molecular weight excluding hydrogens is 407 g/mol. The van der Waals surface area contributed by atoms with Crippen LogP contribution in [0, 0.1) is 0 Å². The Morgan fingerprint density at radius 1 is 1.20 bits per heavy atom. The van der Waals surface area contributed by atoms with Crippen molar-refractivity contribution in [3.8, 4) is 5.75 Å². The third-order valence-corrected chi connectivity index (χ3v) is 3.94. The molecule has 0 radical (unpaired) electrons. The van der Waals surface area contributed by atoms with Crippen molar-refractivity contribution in [2.24, 2.45) is 0 Å². The minimum atomic E-state index is -4.70. The highest BCUT2D eigenvalue weighted by molar-refractivity contribution is 9.13. The molecule has 0 saturated heterocycles. The van der Waals surface area contributed by atoms with Crippen molar-refractivity contribution in [2.75, 3.05) is 5.32 Å². The van der Waals surface area contributed by atoms with Gasteiger partial charge >= 0.3 is 6.36 Å². The maximum Gasteiger partial charge on any atom is 0.573 e. The second-order valence-electron chi connectivity index (χ2n) is 3.76. The van der Waals surface area contributed by atoms with Gasteiger partial charge in [-0.1, -0.05) is 6.07 Å². The summed E-state index contributed by atoms with van der Waals surface area (Å²) in [6, 6.07) is 7.36. The Balaban J connectivity index is 2.01. The van der Waals surface area contributed by atoms with E-state index in [1.54, 1.807) is 12.1 Å². The molecule has 1 aromatic heterocycles. The molecule has 0 aliphatic carbocycles. The van der Waals surface area contributed by atoms with Gasteiger partial charge in [0.2, 0.25) is 0 Å². The van der Waals surface area contributed by atoms with Crippen molar-refractivity contribution in [3.63, 3.8) is 0 Å². The van der Waals surface area contributed by atoms with Crippen LogP contribution in [0.4, 0.5) is 18.9 Å². The van der Waals surface area contributed by atoms with Crippen LogP contribution < -0.4 is 10.1 Å². The Bertz CT molecular complexity index is 579. The summed E-state index contributed by atoms with van der Waals surface area (Å²) < 4.78 is 46.8. The Morgan fingerprint density at radius 2 is 1.95 bits per heavy atom. The van der Waals surface area contributed by atoms with Crippen molar-refractivity contribution < 1.29 is 22.3 Å². The van der Waals surface area contributed by atoms with E-state index in [9.17, 15) is 13.2 Å². The van der Waals surface area contributed by atoms with E-state index < -0.39 is 6.36 Å². The fourth-order valence-electron chi connectivity index (χ4n) is 1.47. The SMILES string of the molecule is FC(F)(F)Oc1cccc(NCc2cc(Br)c(Br)o2)c1. The quantitative estimate of drug-likeness (QED) is 0.735. The molecule has 0 aliphatic heterocycles. The molecule has 1 heterocycles. The summed E-state index contributed by atoms with van der Waals surface area (Å²) in [5.41, 5.74) is 0.496. The van der Waals surface area contributed by atoms with E-state index in [0.29, 0.717) is 22.7 Å². The molecule has 0 saturated carbocycles. The fraction of sp³-hybridized carbons (Fsp3) is 0.167. The predicted octanol–water partition coefficient (Wildman–Crippen LogP) is 5.32. The molecule has 108 valence electrons. The maximum atomic E-state index is 12.1. The molecule has 2 aromatic rings. The monoisotopic (exact) mass is 413 g/mol. The lowest BCUT2D eigenvalue weighted by Gasteiger charge is -2.10. The van der Waals surface area contributed by atoms with Gasteiger partial charge in [-0.05, 0) is 50.1 Å². The fourth-order valence-corrected chi connectivity index (χ4v) is 2.13. The molecule has 1 N–H and O–H groups in total. The Morgan fingerprint density at radius 3 is 2.55 bits per heavy atom. The Hall–Kier alpha value is -1.15. The van der Waals surface area contributed by atoms with Gasteiger partial charge in [0, 0.05) is 11.8 Å². The van der Waals surface area contributed by atoms with Crippen LogP contribution in [-0.4, -0.2) is 6.36 Å². The Labute approximate surface area is 129 Å². The molecule has 0 atom stereocenters. The number of furan rings is 1. The van der Waals surface area contributed by atoms with Crippen molar-refractivity contribution in [1.29, 1.82) is 0 Å². The van der Waals surface area contributed by atoms with Gasteiger partial charge in [-0.3, -0.25) is 0 Å². The van der Waals surface area contributed by atoms with Crippen LogP contribution in [0.3, 0.4) is 0 Å². The summed E-state index contributed by atoms with van der Waals surface area (Å²) in [6.07, 6.45) is -4.70. The van der Waals surface area contributed by atoms with E-state index in [0.717, 1.165) is 4.47 Å². The topological polar surface area (TPSA) is 34.4 Å². The first-order valence-electron chi connectivity index (χ1n) is 5.37. The highest BCUT2D eigenvalue weighted by atomic mass is 79.9. The highest BCUT2D eigenvalue weighted by Gasteiger charge is 2.31. The van der Waals surface area contributed by atoms with Crippen LogP contribution in [0.1, 0.15) is 5.76 Å². The van der Waals surface area contributed by atoms with Crippen LogP contribution in [0.5, 0.6) is 5.75 Å². The standard InChI is InChI=1S/C12H8Br2F3NO2/c13-10-5-9(19-11(10)14)6-18-7-2-1-3-8(4-7)20-12(15,16)17/h1-5,18H,6H2. The molecule has 0 bridgehead atoms. The van der Waals surface area contributed by atoms with E-state index in [-0.39, 0.29) is 5.75 Å². The predicted molar refractivity (Wildman–Crippen MR) is 74.6 cm³/mol. The normalized spacial score (nSPS) is 11.4. The lowest BCUT2D eigenvalue weighted by molar-refractivity contribution is -0.274. The minimum Gasteiger partial charge on any atom is -0.451 e. The van der Waals surface area contributed by atoms with E-state index in [4.69, 9.17) is 4.42 Å². The van der Waals surface area contributed by atoms with E-state index in [1.165, 1.54) is 18.2 Å². The smallest absolute Gasteiger partial charge is 0.451 e. The number of halogens is 5. The van der Waals surface area contributed by atoms with E-state index in [1.807, 2.05) is 0 Å². The van der Waals surface area contributed by atoms with Gasteiger partial charge in [0.25, 0.3) is 0 Å². The zero-order valence-corrected chi connectivity index (χ0v) is 13.0. The molecule has 0 aliphatic rings. The first-order valence-corrected chi connectivity index (χ1v) is 6.95. The summed E-state index contributed by atoms with van der Waals surface area (Å²) in [7, 11) is 0. The van der Waals surface area contributed by atoms with Crippen molar-refractivity contribution in [3.05, 3.63) is 45.2 Å². The molecule has 2 rings (SSSR count). The lowest BCUT2D eigenvalue weighted by atomic mass is 10.3. The van der Waals surface area contributed by atoms with Gasteiger partial charge in [-0.25, -0.2) is 0 Å². The summed E-state index contributed by atoms with van der Waals surface area (Å²) >= 11 is 6.47. The van der Waals surface area contributed by atoms with Gasteiger partial charge in [-0.2, -0.15) is 0 Å². The molecule has 0 amide bonds.